The van der Waals surface area contributed by atoms with Gasteiger partial charge in [0.15, 0.2) is 0 Å². The lowest BCUT2D eigenvalue weighted by Gasteiger charge is -2.20. The second kappa shape index (κ2) is 7.18. The molecule has 19 heavy (non-hydrogen) atoms. The lowest BCUT2D eigenvalue weighted by molar-refractivity contribution is -0.136. The summed E-state index contributed by atoms with van der Waals surface area (Å²) in [6.45, 7) is 0. The van der Waals surface area contributed by atoms with E-state index < -0.39 is 11.8 Å². The SMILES string of the molecule is O=C(Nc1nncs1)C(=O)NC1CCCCCCC1. The van der Waals surface area contributed by atoms with E-state index in [0.29, 0.717) is 5.13 Å². The van der Waals surface area contributed by atoms with Crippen LogP contribution in [0.1, 0.15) is 44.9 Å². The predicted octanol–water partition coefficient (Wildman–Crippen LogP) is 1.71. The summed E-state index contributed by atoms with van der Waals surface area (Å²) in [6, 6.07) is 0.118. The van der Waals surface area contributed by atoms with Crippen molar-refractivity contribution in [1.29, 1.82) is 0 Å². The highest BCUT2D eigenvalue weighted by atomic mass is 32.1. The molecule has 0 atom stereocenters. The minimum atomic E-state index is -0.668. The van der Waals surface area contributed by atoms with Crippen LogP contribution >= 0.6 is 11.3 Å². The molecule has 1 saturated carbocycles. The quantitative estimate of drug-likeness (QED) is 0.809. The lowest BCUT2D eigenvalue weighted by atomic mass is 9.97. The number of nitrogens with zero attached hydrogens (tertiary/aromatic N) is 2. The molecule has 1 aliphatic carbocycles. The standard InChI is InChI=1S/C12H18N4O2S/c17-10(11(18)15-12-16-13-8-19-12)14-9-6-4-2-1-3-5-7-9/h8-9H,1-7H2,(H,14,17)(H,15,16,18). The fourth-order valence-electron chi connectivity index (χ4n) is 2.23. The Hall–Kier alpha value is -1.50. The first kappa shape index (κ1) is 13.9. The topological polar surface area (TPSA) is 84.0 Å². The van der Waals surface area contributed by atoms with Crippen LogP contribution in [0, 0.1) is 0 Å². The van der Waals surface area contributed by atoms with Crippen LogP contribution in [0.5, 0.6) is 0 Å². The molecule has 0 aromatic carbocycles. The van der Waals surface area contributed by atoms with Crippen molar-refractivity contribution in [2.75, 3.05) is 5.32 Å². The lowest BCUT2D eigenvalue weighted by Crippen LogP contribution is -2.42. The van der Waals surface area contributed by atoms with Crippen molar-refractivity contribution in [1.82, 2.24) is 15.5 Å². The summed E-state index contributed by atoms with van der Waals surface area (Å²) in [5.74, 6) is -1.25. The van der Waals surface area contributed by atoms with Crippen LogP contribution < -0.4 is 10.6 Å². The zero-order valence-electron chi connectivity index (χ0n) is 10.7. The highest BCUT2D eigenvalue weighted by Crippen LogP contribution is 2.17. The Bertz CT molecular complexity index is 413. The molecule has 2 rings (SSSR count). The molecule has 1 fully saturated rings. The van der Waals surface area contributed by atoms with Gasteiger partial charge in [-0.2, -0.15) is 0 Å². The minimum Gasteiger partial charge on any atom is -0.345 e. The van der Waals surface area contributed by atoms with Crippen molar-refractivity contribution in [2.45, 2.75) is 51.0 Å². The summed E-state index contributed by atoms with van der Waals surface area (Å²) in [5, 5.41) is 12.8. The summed E-state index contributed by atoms with van der Waals surface area (Å²) < 4.78 is 0. The maximum absolute atomic E-state index is 11.8. The van der Waals surface area contributed by atoms with Crippen molar-refractivity contribution in [3.05, 3.63) is 5.51 Å². The Morgan fingerprint density at radius 1 is 1.11 bits per heavy atom. The highest BCUT2D eigenvalue weighted by Gasteiger charge is 2.20. The van der Waals surface area contributed by atoms with E-state index in [1.54, 1.807) is 0 Å². The van der Waals surface area contributed by atoms with Gasteiger partial charge in [0.05, 0.1) is 0 Å². The third-order valence-electron chi connectivity index (χ3n) is 3.23. The number of hydrogen-bond donors (Lipinski definition) is 2. The average molecular weight is 282 g/mol. The van der Waals surface area contributed by atoms with Gasteiger partial charge in [-0.15, -0.1) is 10.2 Å². The van der Waals surface area contributed by atoms with Crippen LogP contribution in [-0.2, 0) is 9.59 Å². The van der Waals surface area contributed by atoms with Gasteiger partial charge in [-0.05, 0) is 12.8 Å². The van der Waals surface area contributed by atoms with Crippen molar-refractivity contribution in [3.63, 3.8) is 0 Å². The normalized spacial score (nSPS) is 17.3. The maximum Gasteiger partial charge on any atom is 0.315 e. The number of nitrogens with one attached hydrogen (secondary N) is 2. The number of anilines is 1. The zero-order valence-corrected chi connectivity index (χ0v) is 11.5. The first-order chi connectivity index (χ1) is 9.25. The number of amides is 2. The monoisotopic (exact) mass is 282 g/mol. The van der Waals surface area contributed by atoms with E-state index in [4.69, 9.17) is 0 Å². The van der Waals surface area contributed by atoms with Gasteiger partial charge in [-0.25, -0.2) is 0 Å². The molecule has 1 aromatic heterocycles. The molecule has 0 spiro atoms. The summed E-state index contributed by atoms with van der Waals surface area (Å²) in [4.78, 5) is 23.4. The van der Waals surface area contributed by atoms with Crippen LogP contribution in [0.2, 0.25) is 0 Å². The molecule has 0 aliphatic heterocycles. The summed E-state index contributed by atoms with van der Waals surface area (Å²) in [6.07, 6.45) is 7.84. The largest absolute Gasteiger partial charge is 0.345 e. The van der Waals surface area contributed by atoms with Crippen molar-refractivity contribution in [3.8, 4) is 0 Å². The molecule has 7 heteroatoms. The van der Waals surface area contributed by atoms with Crippen molar-refractivity contribution < 1.29 is 9.59 Å². The number of aromatic nitrogens is 2. The van der Waals surface area contributed by atoms with Crippen LogP contribution in [0.4, 0.5) is 5.13 Å². The Morgan fingerprint density at radius 2 is 1.79 bits per heavy atom. The van der Waals surface area contributed by atoms with Crippen LogP contribution in [-0.4, -0.2) is 28.1 Å². The van der Waals surface area contributed by atoms with Crippen molar-refractivity contribution in [2.24, 2.45) is 0 Å². The summed E-state index contributed by atoms with van der Waals surface area (Å²) in [5.41, 5.74) is 1.50. The molecule has 0 bridgehead atoms. The molecule has 1 heterocycles. The molecular formula is C12H18N4O2S. The van der Waals surface area contributed by atoms with Gasteiger partial charge in [0.25, 0.3) is 0 Å². The predicted molar refractivity (Wildman–Crippen MR) is 72.8 cm³/mol. The first-order valence-electron chi connectivity index (χ1n) is 6.64. The first-order valence-corrected chi connectivity index (χ1v) is 7.51. The van der Waals surface area contributed by atoms with Gasteiger partial charge in [0.2, 0.25) is 5.13 Å². The van der Waals surface area contributed by atoms with Gasteiger partial charge in [0.1, 0.15) is 5.51 Å². The van der Waals surface area contributed by atoms with Gasteiger partial charge in [0, 0.05) is 6.04 Å². The molecule has 1 aliphatic rings. The smallest absolute Gasteiger partial charge is 0.315 e. The van der Waals surface area contributed by atoms with E-state index in [0.717, 1.165) is 25.7 Å². The number of carbonyl (C=O) groups is 2. The Kier molecular flexibility index (Phi) is 5.26. The van der Waals surface area contributed by atoms with E-state index in [2.05, 4.69) is 20.8 Å². The third kappa shape index (κ3) is 4.59. The molecule has 2 amide bonds. The molecule has 0 unspecified atom stereocenters. The van der Waals surface area contributed by atoms with Gasteiger partial charge >= 0.3 is 11.8 Å². The van der Waals surface area contributed by atoms with Crippen LogP contribution in [0.25, 0.3) is 0 Å². The molecule has 104 valence electrons. The average Bonchev–Trinajstić information content (AvgIpc) is 2.85. The molecule has 6 nitrogen and oxygen atoms in total. The third-order valence-corrected chi connectivity index (χ3v) is 3.83. The molecule has 0 radical (unpaired) electrons. The zero-order chi connectivity index (χ0) is 13.5. The molecule has 2 N–H and O–H groups in total. The van der Waals surface area contributed by atoms with Gasteiger partial charge in [-0.3, -0.25) is 14.9 Å². The Labute approximate surface area is 116 Å². The Balaban J connectivity index is 1.80. The van der Waals surface area contributed by atoms with Gasteiger partial charge < -0.3 is 5.32 Å². The minimum absolute atomic E-state index is 0.118. The maximum atomic E-state index is 11.8. The van der Waals surface area contributed by atoms with E-state index in [1.165, 1.54) is 36.1 Å². The fourth-order valence-corrected chi connectivity index (χ4v) is 2.67. The van der Waals surface area contributed by atoms with Crippen LogP contribution in [0.15, 0.2) is 5.51 Å². The van der Waals surface area contributed by atoms with E-state index in [-0.39, 0.29) is 6.04 Å². The second-order valence-electron chi connectivity index (χ2n) is 4.71. The van der Waals surface area contributed by atoms with Crippen molar-refractivity contribution >= 4 is 28.3 Å². The second-order valence-corrected chi connectivity index (χ2v) is 5.55. The fraction of sp³-hybridized carbons (Fsp3) is 0.667. The number of rotatable bonds is 2. The molecular weight excluding hydrogens is 264 g/mol. The molecule has 0 saturated heterocycles. The highest BCUT2D eigenvalue weighted by molar-refractivity contribution is 7.13. The van der Waals surface area contributed by atoms with E-state index in [1.807, 2.05) is 0 Å². The summed E-state index contributed by atoms with van der Waals surface area (Å²) >= 11 is 1.19. The number of hydrogen-bond acceptors (Lipinski definition) is 5. The van der Waals surface area contributed by atoms with Crippen LogP contribution in [0.3, 0.4) is 0 Å². The Morgan fingerprint density at radius 3 is 2.42 bits per heavy atom. The molecule has 1 aromatic rings. The van der Waals surface area contributed by atoms with E-state index >= 15 is 0 Å². The van der Waals surface area contributed by atoms with Gasteiger partial charge in [-0.1, -0.05) is 43.4 Å². The summed E-state index contributed by atoms with van der Waals surface area (Å²) in [7, 11) is 0. The van der Waals surface area contributed by atoms with E-state index in [9.17, 15) is 9.59 Å². The number of carbonyl (C=O) groups excluding carboxylic acids is 2.